The van der Waals surface area contributed by atoms with Gasteiger partial charge >= 0.3 is 0 Å². The van der Waals surface area contributed by atoms with Crippen LogP contribution in [0.4, 0.5) is 24.5 Å². The molecule has 0 fully saturated rings. The van der Waals surface area contributed by atoms with Crippen LogP contribution in [0, 0.1) is 24.4 Å². The third-order valence-electron chi connectivity index (χ3n) is 4.98. The number of fused-ring (bicyclic) bond motifs is 1. The van der Waals surface area contributed by atoms with Gasteiger partial charge in [-0.3, -0.25) is 0 Å². The van der Waals surface area contributed by atoms with Gasteiger partial charge in [0, 0.05) is 22.8 Å². The summed E-state index contributed by atoms with van der Waals surface area (Å²) in [7, 11) is 0. The van der Waals surface area contributed by atoms with Crippen LogP contribution in [-0.2, 0) is 0 Å². The molecule has 158 valence electrons. The Morgan fingerprint density at radius 2 is 1.72 bits per heavy atom. The van der Waals surface area contributed by atoms with Gasteiger partial charge in [-0.2, -0.15) is 0 Å². The molecule has 0 saturated heterocycles. The molecule has 2 aromatic heterocycles. The van der Waals surface area contributed by atoms with Gasteiger partial charge in [0.25, 0.3) is 0 Å². The summed E-state index contributed by atoms with van der Waals surface area (Å²) < 4.78 is 41.8. The van der Waals surface area contributed by atoms with Crippen molar-refractivity contribution in [2.45, 2.75) is 6.92 Å². The average Bonchev–Trinajstić information content (AvgIpc) is 3.25. The minimum absolute atomic E-state index is 0.308. The Hall–Kier alpha value is -4.20. The molecular weight excluding hydrogens is 415 g/mol. The molecule has 0 radical (unpaired) electrons. The molecular formula is C24H16F3N5. The molecule has 0 spiro atoms. The zero-order valence-corrected chi connectivity index (χ0v) is 16.9. The SMILES string of the molecule is Cc1cc(F)cc(Nc2cccc3nc(-c4cn(-c5ccc(F)c(F)c5)nn4)ccc23)c1. The first-order valence-corrected chi connectivity index (χ1v) is 9.78. The Kier molecular flexibility index (Phi) is 4.82. The lowest BCUT2D eigenvalue weighted by molar-refractivity contribution is 0.507. The molecule has 0 aliphatic rings. The van der Waals surface area contributed by atoms with E-state index in [1.807, 2.05) is 37.3 Å². The molecule has 0 amide bonds. The highest BCUT2D eigenvalue weighted by atomic mass is 19.2. The number of anilines is 2. The molecule has 3 aromatic carbocycles. The highest BCUT2D eigenvalue weighted by Crippen LogP contribution is 2.28. The van der Waals surface area contributed by atoms with Crippen molar-refractivity contribution in [3.05, 3.63) is 95.9 Å². The first-order valence-electron chi connectivity index (χ1n) is 9.78. The lowest BCUT2D eigenvalue weighted by atomic mass is 10.1. The zero-order chi connectivity index (χ0) is 22.2. The van der Waals surface area contributed by atoms with E-state index < -0.39 is 11.6 Å². The van der Waals surface area contributed by atoms with E-state index in [-0.39, 0.29) is 5.82 Å². The fraction of sp³-hybridized carbons (Fsp3) is 0.0417. The topological polar surface area (TPSA) is 55.6 Å². The maximum Gasteiger partial charge on any atom is 0.160 e. The van der Waals surface area contributed by atoms with Crippen LogP contribution in [0.5, 0.6) is 0 Å². The van der Waals surface area contributed by atoms with E-state index in [0.717, 1.165) is 28.8 Å². The highest BCUT2D eigenvalue weighted by molar-refractivity contribution is 5.94. The van der Waals surface area contributed by atoms with E-state index in [4.69, 9.17) is 0 Å². The number of hydrogen-bond acceptors (Lipinski definition) is 4. The van der Waals surface area contributed by atoms with Crippen LogP contribution in [0.15, 0.2) is 72.9 Å². The molecule has 0 atom stereocenters. The predicted octanol–water partition coefficient (Wildman–Crippen LogP) is 5.95. The number of pyridine rings is 1. The van der Waals surface area contributed by atoms with Gasteiger partial charge in [-0.1, -0.05) is 11.3 Å². The standard InChI is InChI=1S/C24H16F3N5/c1-14-9-15(25)11-16(10-14)28-21-3-2-4-22-18(21)6-8-23(29-22)24-13-32(31-30-24)17-5-7-19(26)20(27)12-17/h2-13,28H,1H3. The summed E-state index contributed by atoms with van der Waals surface area (Å²) in [4.78, 5) is 4.66. The molecule has 5 aromatic rings. The van der Waals surface area contributed by atoms with Crippen LogP contribution < -0.4 is 5.32 Å². The van der Waals surface area contributed by atoms with Crippen molar-refractivity contribution >= 4 is 22.3 Å². The van der Waals surface area contributed by atoms with Crippen molar-refractivity contribution in [1.29, 1.82) is 0 Å². The molecule has 2 heterocycles. The lowest BCUT2D eigenvalue weighted by Gasteiger charge is -2.11. The summed E-state index contributed by atoms with van der Waals surface area (Å²) in [6, 6.07) is 17.6. The fourth-order valence-electron chi connectivity index (χ4n) is 3.51. The van der Waals surface area contributed by atoms with Gasteiger partial charge in [0.2, 0.25) is 0 Å². The summed E-state index contributed by atoms with van der Waals surface area (Å²) >= 11 is 0. The summed E-state index contributed by atoms with van der Waals surface area (Å²) in [5.41, 5.74) is 4.37. The molecule has 0 unspecified atom stereocenters. The third-order valence-corrected chi connectivity index (χ3v) is 4.98. The molecule has 32 heavy (non-hydrogen) atoms. The van der Waals surface area contributed by atoms with Gasteiger partial charge in [-0.25, -0.2) is 22.8 Å². The van der Waals surface area contributed by atoms with Crippen molar-refractivity contribution < 1.29 is 13.2 Å². The molecule has 8 heteroatoms. The van der Waals surface area contributed by atoms with Crippen LogP contribution in [0.1, 0.15) is 5.56 Å². The van der Waals surface area contributed by atoms with Crippen molar-refractivity contribution in [3.8, 4) is 17.1 Å². The van der Waals surface area contributed by atoms with Crippen LogP contribution in [0.25, 0.3) is 28.0 Å². The summed E-state index contributed by atoms with van der Waals surface area (Å²) in [5, 5.41) is 12.2. The van der Waals surface area contributed by atoms with Gasteiger partial charge in [0.05, 0.1) is 23.1 Å². The minimum Gasteiger partial charge on any atom is -0.355 e. The van der Waals surface area contributed by atoms with Crippen LogP contribution in [0.3, 0.4) is 0 Å². The fourth-order valence-corrected chi connectivity index (χ4v) is 3.51. The van der Waals surface area contributed by atoms with Crippen LogP contribution in [-0.4, -0.2) is 20.0 Å². The van der Waals surface area contributed by atoms with Crippen LogP contribution >= 0.6 is 0 Å². The Morgan fingerprint density at radius 1 is 0.844 bits per heavy atom. The first kappa shape index (κ1) is 19.7. The second-order valence-corrected chi connectivity index (χ2v) is 7.36. The van der Waals surface area contributed by atoms with Crippen molar-refractivity contribution in [2.24, 2.45) is 0 Å². The van der Waals surface area contributed by atoms with E-state index >= 15 is 0 Å². The van der Waals surface area contributed by atoms with E-state index in [1.165, 1.54) is 22.9 Å². The Morgan fingerprint density at radius 3 is 2.53 bits per heavy atom. The van der Waals surface area contributed by atoms with Gasteiger partial charge in [0.1, 0.15) is 11.5 Å². The molecule has 0 aliphatic heterocycles. The molecule has 0 saturated carbocycles. The summed E-state index contributed by atoms with van der Waals surface area (Å²) in [6.45, 7) is 1.83. The van der Waals surface area contributed by atoms with E-state index in [2.05, 4.69) is 20.6 Å². The van der Waals surface area contributed by atoms with Crippen molar-refractivity contribution in [2.75, 3.05) is 5.32 Å². The number of nitrogens with zero attached hydrogens (tertiary/aromatic N) is 4. The van der Waals surface area contributed by atoms with E-state index in [9.17, 15) is 13.2 Å². The molecule has 0 bridgehead atoms. The van der Waals surface area contributed by atoms with Gasteiger partial charge in [-0.05, 0) is 67.1 Å². The number of nitrogens with one attached hydrogen (secondary N) is 1. The average molecular weight is 431 g/mol. The van der Waals surface area contributed by atoms with Crippen molar-refractivity contribution in [3.63, 3.8) is 0 Å². The summed E-state index contributed by atoms with van der Waals surface area (Å²) in [6.07, 6.45) is 1.60. The molecule has 5 rings (SSSR count). The van der Waals surface area contributed by atoms with E-state index in [0.29, 0.717) is 28.3 Å². The molecule has 1 N–H and O–H groups in total. The van der Waals surface area contributed by atoms with Gasteiger partial charge in [0.15, 0.2) is 11.6 Å². The lowest BCUT2D eigenvalue weighted by Crippen LogP contribution is -1.96. The maximum atomic E-state index is 13.7. The largest absolute Gasteiger partial charge is 0.355 e. The number of hydrogen-bond donors (Lipinski definition) is 1. The summed E-state index contributed by atoms with van der Waals surface area (Å²) in [5.74, 6) is -2.20. The Labute approximate surface area is 181 Å². The number of rotatable bonds is 4. The Bertz CT molecular complexity index is 1440. The van der Waals surface area contributed by atoms with Crippen LogP contribution in [0.2, 0.25) is 0 Å². The number of benzene rings is 3. The van der Waals surface area contributed by atoms with Gasteiger partial charge < -0.3 is 5.32 Å². The quantitative estimate of drug-likeness (QED) is 0.382. The minimum atomic E-state index is -0.961. The maximum absolute atomic E-state index is 13.7. The zero-order valence-electron chi connectivity index (χ0n) is 16.9. The third kappa shape index (κ3) is 3.78. The second kappa shape index (κ2) is 7.81. The normalized spacial score (nSPS) is 11.1. The Balaban J connectivity index is 1.48. The number of aromatic nitrogens is 4. The molecule has 5 nitrogen and oxygen atoms in total. The van der Waals surface area contributed by atoms with E-state index in [1.54, 1.807) is 12.3 Å². The monoisotopic (exact) mass is 431 g/mol. The molecule has 0 aliphatic carbocycles. The highest BCUT2D eigenvalue weighted by Gasteiger charge is 2.11. The smallest absolute Gasteiger partial charge is 0.160 e. The predicted molar refractivity (Wildman–Crippen MR) is 116 cm³/mol. The number of aryl methyl sites for hydroxylation is 1. The van der Waals surface area contributed by atoms with Crippen molar-refractivity contribution in [1.82, 2.24) is 20.0 Å². The number of halogens is 3. The first-order chi connectivity index (χ1) is 15.5. The second-order valence-electron chi connectivity index (χ2n) is 7.36. The van der Waals surface area contributed by atoms with Gasteiger partial charge in [-0.15, -0.1) is 5.10 Å².